The smallest absolute Gasteiger partial charge is 0.248 e. The number of nitrogens with one attached hydrogen (secondary N) is 2. The molecule has 1 aromatic carbocycles. The summed E-state index contributed by atoms with van der Waals surface area (Å²) in [6, 6.07) is 5.99. The van der Waals surface area contributed by atoms with Crippen LogP contribution in [0.5, 0.6) is 0 Å². The van der Waals surface area contributed by atoms with Crippen LogP contribution < -0.4 is 10.6 Å². The second kappa shape index (κ2) is 5.83. The van der Waals surface area contributed by atoms with Gasteiger partial charge in [0.1, 0.15) is 0 Å². The van der Waals surface area contributed by atoms with Crippen LogP contribution in [-0.2, 0) is 18.3 Å². The second-order valence-electron chi connectivity index (χ2n) is 5.15. The summed E-state index contributed by atoms with van der Waals surface area (Å²) in [5.41, 5.74) is 4.15. The number of benzene rings is 1. The van der Waals surface area contributed by atoms with Crippen molar-refractivity contribution in [2.75, 3.05) is 17.2 Å². The number of aryl methyl sites for hydroxylation is 2. The molecule has 5 nitrogen and oxygen atoms in total. The van der Waals surface area contributed by atoms with E-state index >= 15 is 0 Å². The van der Waals surface area contributed by atoms with Gasteiger partial charge >= 0.3 is 0 Å². The van der Waals surface area contributed by atoms with Gasteiger partial charge < -0.3 is 15.2 Å². The fraction of sp³-hybridized carbons (Fsp3) is 0.250. The van der Waals surface area contributed by atoms with Crippen molar-refractivity contribution in [3.63, 3.8) is 0 Å². The first kappa shape index (κ1) is 13.4. The maximum Gasteiger partial charge on any atom is 0.248 e. The molecule has 1 aliphatic rings. The Morgan fingerprint density at radius 3 is 3.19 bits per heavy atom. The molecule has 0 spiro atoms. The fourth-order valence-corrected chi connectivity index (χ4v) is 2.43. The standard InChI is InChI=1S/C16H18N4O/c1-20-11-17-10-14(20)5-7-16(21)19-13-4-6-15-12(9-13)3-2-8-18-15/h4-7,9-11,18H,2-3,8H2,1H3,(H,19,21). The third-order valence-corrected chi connectivity index (χ3v) is 3.57. The van der Waals surface area contributed by atoms with Crippen LogP contribution in [0.2, 0.25) is 0 Å². The Kier molecular flexibility index (Phi) is 3.73. The largest absolute Gasteiger partial charge is 0.385 e. The van der Waals surface area contributed by atoms with E-state index in [0.717, 1.165) is 30.8 Å². The molecule has 1 amide bonds. The van der Waals surface area contributed by atoms with Crippen molar-refractivity contribution in [1.29, 1.82) is 0 Å². The molecule has 0 fully saturated rings. The Labute approximate surface area is 123 Å². The zero-order valence-electron chi connectivity index (χ0n) is 12.0. The van der Waals surface area contributed by atoms with Gasteiger partial charge in [0, 0.05) is 31.0 Å². The van der Waals surface area contributed by atoms with E-state index in [1.54, 1.807) is 18.6 Å². The summed E-state index contributed by atoms with van der Waals surface area (Å²) in [7, 11) is 1.89. The molecule has 108 valence electrons. The number of amides is 1. The van der Waals surface area contributed by atoms with Gasteiger partial charge in [-0.25, -0.2) is 4.98 Å². The Balaban J connectivity index is 1.67. The minimum atomic E-state index is -0.139. The number of fused-ring (bicyclic) bond motifs is 1. The third-order valence-electron chi connectivity index (χ3n) is 3.57. The Hall–Kier alpha value is -2.56. The molecule has 21 heavy (non-hydrogen) atoms. The predicted molar refractivity (Wildman–Crippen MR) is 84.1 cm³/mol. The zero-order valence-corrected chi connectivity index (χ0v) is 12.0. The normalized spacial score (nSPS) is 13.8. The average molecular weight is 282 g/mol. The summed E-state index contributed by atoms with van der Waals surface area (Å²) < 4.78 is 1.86. The molecule has 0 saturated carbocycles. The highest BCUT2D eigenvalue weighted by Gasteiger charge is 2.09. The molecule has 0 aliphatic carbocycles. The van der Waals surface area contributed by atoms with E-state index in [9.17, 15) is 4.79 Å². The number of nitrogens with zero attached hydrogens (tertiary/aromatic N) is 2. The van der Waals surface area contributed by atoms with Gasteiger partial charge in [0.2, 0.25) is 5.91 Å². The molecule has 0 atom stereocenters. The number of hydrogen-bond acceptors (Lipinski definition) is 3. The number of rotatable bonds is 3. The molecule has 1 aromatic heterocycles. The first-order valence-electron chi connectivity index (χ1n) is 7.04. The molecule has 0 saturated heterocycles. The van der Waals surface area contributed by atoms with Crippen molar-refractivity contribution >= 4 is 23.4 Å². The van der Waals surface area contributed by atoms with Crippen molar-refractivity contribution in [2.45, 2.75) is 12.8 Å². The van der Waals surface area contributed by atoms with Crippen LogP contribution in [-0.4, -0.2) is 22.0 Å². The van der Waals surface area contributed by atoms with E-state index in [2.05, 4.69) is 15.6 Å². The molecule has 2 N–H and O–H groups in total. The van der Waals surface area contributed by atoms with Crippen LogP contribution in [0, 0.1) is 0 Å². The lowest BCUT2D eigenvalue weighted by Crippen LogP contribution is -2.13. The average Bonchev–Trinajstić information content (AvgIpc) is 2.90. The predicted octanol–water partition coefficient (Wildman–Crippen LogP) is 2.43. The fourth-order valence-electron chi connectivity index (χ4n) is 2.43. The van der Waals surface area contributed by atoms with Crippen LogP contribution in [0.25, 0.3) is 6.08 Å². The number of carbonyl (C=O) groups is 1. The van der Waals surface area contributed by atoms with Gasteiger partial charge in [0.25, 0.3) is 0 Å². The van der Waals surface area contributed by atoms with E-state index in [-0.39, 0.29) is 5.91 Å². The maximum atomic E-state index is 11.9. The highest BCUT2D eigenvalue weighted by molar-refractivity contribution is 6.02. The van der Waals surface area contributed by atoms with Crippen LogP contribution in [0.4, 0.5) is 11.4 Å². The van der Waals surface area contributed by atoms with Gasteiger partial charge in [0.15, 0.2) is 0 Å². The van der Waals surface area contributed by atoms with Gasteiger partial charge in [-0.05, 0) is 42.7 Å². The lowest BCUT2D eigenvalue weighted by atomic mass is 10.0. The highest BCUT2D eigenvalue weighted by Crippen LogP contribution is 2.25. The summed E-state index contributed by atoms with van der Waals surface area (Å²) in [6.45, 7) is 1.02. The topological polar surface area (TPSA) is 59.0 Å². The molecule has 0 unspecified atom stereocenters. The Bertz CT molecular complexity index is 687. The van der Waals surface area contributed by atoms with Crippen molar-refractivity contribution in [3.8, 4) is 0 Å². The molecule has 0 radical (unpaired) electrons. The lowest BCUT2D eigenvalue weighted by Gasteiger charge is -2.18. The number of imidazole rings is 1. The summed E-state index contributed by atoms with van der Waals surface area (Å²) in [4.78, 5) is 15.9. The highest BCUT2D eigenvalue weighted by atomic mass is 16.1. The minimum absolute atomic E-state index is 0.139. The van der Waals surface area contributed by atoms with E-state index in [1.807, 2.05) is 29.8 Å². The number of carbonyl (C=O) groups excluding carboxylic acids is 1. The van der Waals surface area contributed by atoms with Crippen molar-refractivity contribution in [1.82, 2.24) is 9.55 Å². The van der Waals surface area contributed by atoms with Crippen LogP contribution in [0.1, 0.15) is 17.7 Å². The zero-order chi connectivity index (χ0) is 14.7. The number of anilines is 2. The third kappa shape index (κ3) is 3.13. The minimum Gasteiger partial charge on any atom is -0.385 e. The Morgan fingerprint density at radius 1 is 1.48 bits per heavy atom. The second-order valence-corrected chi connectivity index (χ2v) is 5.15. The van der Waals surface area contributed by atoms with E-state index in [0.29, 0.717) is 0 Å². The maximum absolute atomic E-state index is 11.9. The first-order chi connectivity index (χ1) is 10.2. The molecule has 3 rings (SSSR count). The number of aromatic nitrogens is 2. The van der Waals surface area contributed by atoms with E-state index in [1.165, 1.54) is 17.3 Å². The van der Waals surface area contributed by atoms with Gasteiger partial charge in [0.05, 0.1) is 18.2 Å². The summed E-state index contributed by atoms with van der Waals surface area (Å²) in [6.07, 6.45) is 8.88. The van der Waals surface area contributed by atoms with Gasteiger partial charge in [-0.15, -0.1) is 0 Å². The molecule has 1 aliphatic heterocycles. The van der Waals surface area contributed by atoms with Gasteiger partial charge in [-0.2, -0.15) is 0 Å². The molecule has 0 bridgehead atoms. The summed E-state index contributed by atoms with van der Waals surface area (Å²) in [5, 5.41) is 6.25. The molecule has 2 aromatic rings. The van der Waals surface area contributed by atoms with Crippen molar-refractivity contribution < 1.29 is 4.79 Å². The van der Waals surface area contributed by atoms with Gasteiger partial charge in [-0.1, -0.05) is 0 Å². The molecule has 2 heterocycles. The van der Waals surface area contributed by atoms with Crippen LogP contribution >= 0.6 is 0 Å². The SMILES string of the molecule is Cn1cncc1C=CC(=O)Nc1ccc2c(c1)CCCN2. The number of hydrogen-bond donors (Lipinski definition) is 2. The lowest BCUT2D eigenvalue weighted by molar-refractivity contribution is -0.111. The first-order valence-corrected chi connectivity index (χ1v) is 7.04. The summed E-state index contributed by atoms with van der Waals surface area (Å²) in [5.74, 6) is -0.139. The van der Waals surface area contributed by atoms with Crippen molar-refractivity contribution in [2.24, 2.45) is 7.05 Å². The van der Waals surface area contributed by atoms with Crippen molar-refractivity contribution in [3.05, 3.63) is 48.1 Å². The Morgan fingerprint density at radius 2 is 2.38 bits per heavy atom. The quantitative estimate of drug-likeness (QED) is 0.850. The molecule has 5 heteroatoms. The van der Waals surface area contributed by atoms with Gasteiger partial charge in [-0.3, -0.25) is 4.79 Å². The van der Waals surface area contributed by atoms with E-state index < -0.39 is 0 Å². The van der Waals surface area contributed by atoms with E-state index in [4.69, 9.17) is 0 Å². The van der Waals surface area contributed by atoms with Crippen LogP contribution in [0.15, 0.2) is 36.8 Å². The van der Waals surface area contributed by atoms with Crippen LogP contribution in [0.3, 0.4) is 0 Å². The monoisotopic (exact) mass is 282 g/mol. The molecular formula is C16H18N4O. The molecular weight excluding hydrogens is 264 g/mol. The summed E-state index contributed by atoms with van der Waals surface area (Å²) >= 11 is 0.